The Balaban J connectivity index is 1.47. The molecular formula is C17H17N5S. The van der Waals surface area contributed by atoms with Gasteiger partial charge in [0.05, 0.1) is 29.0 Å². The van der Waals surface area contributed by atoms with Crippen LogP contribution < -0.4 is 10.6 Å². The first-order chi connectivity index (χ1) is 11.4. The number of hydrogen-bond acceptors (Lipinski definition) is 6. The molecule has 1 fully saturated rings. The summed E-state index contributed by atoms with van der Waals surface area (Å²) in [4.78, 5) is 14.5. The summed E-state index contributed by atoms with van der Waals surface area (Å²) < 4.78 is 0. The Hall–Kier alpha value is -2.31. The summed E-state index contributed by atoms with van der Waals surface area (Å²) >= 11 is 1.61. The van der Waals surface area contributed by atoms with Gasteiger partial charge in [-0.05, 0) is 24.9 Å². The lowest BCUT2D eigenvalue weighted by molar-refractivity contribution is 0.624. The summed E-state index contributed by atoms with van der Waals surface area (Å²) in [6.45, 7) is 1.06. The second kappa shape index (κ2) is 6.44. The van der Waals surface area contributed by atoms with Crippen LogP contribution in [0.3, 0.4) is 0 Å². The van der Waals surface area contributed by atoms with Crippen molar-refractivity contribution in [3.8, 4) is 10.4 Å². The van der Waals surface area contributed by atoms with Gasteiger partial charge in [0, 0.05) is 6.20 Å². The molecule has 116 valence electrons. The second-order valence-corrected chi connectivity index (χ2v) is 6.53. The number of rotatable bonds is 4. The van der Waals surface area contributed by atoms with E-state index in [1.54, 1.807) is 17.5 Å². The summed E-state index contributed by atoms with van der Waals surface area (Å²) in [7, 11) is 0. The average Bonchev–Trinajstić information content (AvgIpc) is 3.28. The average molecular weight is 323 g/mol. The molecule has 0 amide bonds. The van der Waals surface area contributed by atoms with Crippen LogP contribution in [0.5, 0.6) is 0 Å². The molecule has 0 radical (unpaired) electrons. The van der Waals surface area contributed by atoms with E-state index in [4.69, 9.17) is 0 Å². The molecule has 1 atom stereocenters. The van der Waals surface area contributed by atoms with E-state index < -0.39 is 0 Å². The predicted molar refractivity (Wildman–Crippen MR) is 92.8 cm³/mol. The largest absolute Gasteiger partial charge is 0.315 e. The molecule has 1 aromatic carbocycles. The van der Waals surface area contributed by atoms with Crippen LogP contribution >= 0.6 is 11.3 Å². The summed E-state index contributed by atoms with van der Waals surface area (Å²) in [5.74, 6) is 0.723. The summed E-state index contributed by atoms with van der Waals surface area (Å²) in [5, 5.41) is 7.48. The van der Waals surface area contributed by atoms with Gasteiger partial charge in [0.1, 0.15) is 0 Å². The molecular weight excluding hydrogens is 306 g/mol. The van der Waals surface area contributed by atoms with Gasteiger partial charge in [-0.2, -0.15) is 0 Å². The van der Waals surface area contributed by atoms with Crippen molar-refractivity contribution in [1.82, 2.24) is 20.3 Å². The van der Waals surface area contributed by atoms with Crippen LogP contribution in [0.4, 0.5) is 10.9 Å². The highest BCUT2D eigenvalue weighted by atomic mass is 32.1. The Kier molecular flexibility index (Phi) is 4.00. The van der Waals surface area contributed by atoms with Gasteiger partial charge >= 0.3 is 0 Å². The van der Waals surface area contributed by atoms with Crippen LogP contribution in [0.15, 0.2) is 48.9 Å². The first-order valence-corrected chi connectivity index (χ1v) is 8.54. The highest BCUT2D eigenvalue weighted by molar-refractivity contribution is 7.18. The maximum Gasteiger partial charge on any atom is 0.188 e. The molecule has 6 heteroatoms. The van der Waals surface area contributed by atoms with E-state index in [2.05, 4.69) is 37.7 Å². The molecule has 0 spiro atoms. The predicted octanol–water partition coefficient (Wildman–Crippen LogP) is 3.77. The number of thiazole rings is 1. The van der Waals surface area contributed by atoms with Crippen molar-refractivity contribution >= 4 is 22.3 Å². The zero-order valence-electron chi connectivity index (χ0n) is 12.6. The topological polar surface area (TPSA) is 62.7 Å². The highest BCUT2D eigenvalue weighted by Crippen LogP contribution is 2.30. The molecule has 0 saturated carbocycles. The quantitative estimate of drug-likeness (QED) is 0.765. The minimum atomic E-state index is 0.348. The van der Waals surface area contributed by atoms with Gasteiger partial charge in [-0.3, -0.25) is 4.98 Å². The number of hydrogen-bond donors (Lipinski definition) is 2. The van der Waals surface area contributed by atoms with Gasteiger partial charge < -0.3 is 10.6 Å². The van der Waals surface area contributed by atoms with Crippen LogP contribution in [0.2, 0.25) is 0 Å². The lowest BCUT2D eigenvalue weighted by Gasteiger charge is -2.09. The van der Waals surface area contributed by atoms with E-state index in [1.807, 2.05) is 30.6 Å². The van der Waals surface area contributed by atoms with Crippen molar-refractivity contribution in [2.75, 3.05) is 11.9 Å². The third-order valence-electron chi connectivity index (χ3n) is 3.89. The molecule has 5 nitrogen and oxygen atoms in total. The molecule has 0 aliphatic carbocycles. The zero-order chi connectivity index (χ0) is 15.5. The molecule has 0 bridgehead atoms. The van der Waals surface area contributed by atoms with Crippen LogP contribution in [0.1, 0.15) is 24.6 Å². The van der Waals surface area contributed by atoms with E-state index in [-0.39, 0.29) is 0 Å². The molecule has 2 N–H and O–H groups in total. The third-order valence-corrected chi connectivity index (χ3v) is 4.85. The van der Waals surface area contributed by atoms with Gasteiger partial charge in [-0.1, -0.05) is 41.7 Å². The number of nitrogens with zero attached hydrogens (tertiary/aromatic N) is 3. The summed E-state index contributed by atoms with van der Waals surface area (Å²) in [6, 6.07) is 10.6. The molecule has 3 heterocycles. The molecule has 3 aromatic rings. The number of benzene rings is 1. The Bertz CT molecular complexity index is 763. The van der Waals surface area contributed by atoms with Crippen molar-refractivity contribution in [3.63, 3.8) is 0 Å². The maximum absolute atomic E-state index is 4.51. The molecule has 1 unspecified atom stereocenters. The van der Waals surface area contributed by atoms with Gasteiger partial charge in [0.15, 0.2) is 10.9 Å². The number of anilines is 2. The Labute approximate surface area is 138 Å². The van der Waals surface area contributed by atoms with E-state index in [9.17, 15) is 0 Å². The van der Waals surface area contributed by atoms with Crippen molar-refractivity contribution < 1.29 is 0 Å². The fourth-order valence-electron chi connectivity index (χ4n) is 2.70. The van der Waals surface area contributed by atoms with Crippen LogP contribution in [-0.4, -0.2) is 21.5 Å². The third kappa shape index (κ3) is 3.23. The molecule has 1 aliphatic heterocycles. The fourth-order valence-corrected chi connectivity index (χ4v) is 3.53. The lowest BCUT2D eigenvalue weighted by atomic mass is 10.2. The van der Waals surface area contributed by atoms with Crippen molar-refractivity contribution in [2.45, 2.75) is 18.9 Å². The molecule has 2 aromatic heterocycles. The van der Waals surface area contributed by atoms with Crippen LogP contribution in [0.25, 0.3) is 10.4 Å². The minimum Gasteiger partial charge on any atom is -0.315 e. The molecule has 23 heavy (non-hydrogen) atoms. The zero-order valence-corrected chi connectivity index (χ0v) is 13.4. The molecule has 1 saturated heterocycles. The van der Waals surface area contributed by atoms with E-state index >= 15 is 0 Å². The van der Waals surface area contributed by atoms with Crippen LogP contribution in [-0.2, 0) is 0 Å². The fraction of sp³-hybridized carbons (Fsp3) is 0.235. The Morgan fingerprint density at radius 2 is 1.96 bits per heavy atom. The van der Waals surface area contributed by atoms with E-state index in [0.717, 1.165) is 34.5 Å². The van der Waals surface area contributed by atoms with E-state index in [1.165, 1.54) is 12.0 Å². The Morgan fingerprint density at radius 1 is 1.04 bits per heavy atom. The maximum atomic E-state index is 4.51. The minimum absolute atomic E-state index is 0.348. The van der Waals surface area contributed by atoms with Gasteiger partial charge in [0.2, 0.25) is 0 Å². The van der Waals surface area contributed by atoms with Crippen molar-refractivity contribution in [3.05, 3.63) is 54.6 Å². The highest BCUT2D eigenvalue weighted by Gasteiger charge is 2.17. The van der Waals surface area contributed by atoms with Crippen molar-refractivity contribution in [2.24, 2.45) is 0 Å². The van der Waals surface area contributed by atoms with Crippen LogP contribution in [0, 0.1) is 0 Å². The second-order valence-electron chi connectivity index (χ2n) is 5.50. The first-order valence-electron chi connectivity index (χ1n) is 7.72. The van der Waals surface area contributed by atoms with Gasteiger partial charge in [0.25, 0.3) is 0 Å². The van der Waals surface area contributed by atoms with Gasteiger partial charge in [-0.25, -0.2) is 9.97 Å². The first kappa shape index (κ1) is 14.3. The molecule has 4 rings (SSSR count). The lowest BCUT2D eigenvalue weighted by Crippen LogP contribution is -2.14. The smallest absolute Gasteiger partial charge is 0.188 e. The molecule has 1 aliphatic rings. The summed E-state index contributed by atoms with van der Waals surface area (Å²) in [6.07, 6.45) is 7.84. The normalized spacial score (nSPS) is 17.3. The van der Waals surface area contributed by atoms with Gasteiger partial charge in [-0.15, -0.1) is 0 Å². The monoisotopic (exact) mass is 323 g/mol. The van der Waals surface area contributed by atoms with Crippen molar-refractivity contribution in [1.29, 1.82) is 0 Å². The van der Waals surface area contributed by atoms with E-state index in [0.29, 0.717) is 6.04 Å². The number of aromatic nitrogens is 3. The Morgan fingerprint density at radius 3 is 2.70 bits per heavy atom. The summed E-state index contributed by atoms with van der Waals surface area (Å²) in [5.41, 5.74) is 2.18. The standard InChI is InChI=1S/C17H17N5S/c1-2-5-12(6-3-1)15-10-21-17(23-15)22-16-11-19-14(9-20-16)13-7-4-8-18-13/h1-3,5-6,9-11,13,18H,4,7-8H2,(H,20,21,22). The SMILES string of the molecule is c1ccc(-c2cnc(Nc3cnc(C4CCCN4)cn3)s2)cc1. The number of nitrogens with one attached hydrogen (secondary N) is 2.